The molecule has 24 N–H and O–H groups in total. The van der Waals surface area contributed by atoms with Gasteiger partial charge in [-0.2, -0.15) is 0 Å². The average Bonchev–Trinajstić information content (AvgIpc) is 3.15. The summed E-state index contributed by atoms with van der Waals surface area (Å²) in [7, 11) is 0. The summed E-state index contributed by atoms with van der Waals surface area (Å²) in [5, 5.41) is 149. The van der Waals surface area contributed by atoms with Crippen LogP contribution in [0.2, 0.25) is 0 Å². The fraction of sp³-hybridized carbons (Fsp3) is 0.400. The van der Waals surface area contributed by atoms with Crippen LogP contribution in [0, 0.1) is 0 Å². The Bertz CT molecular complexity index is 1870. The van der Waals surface area contributed by atoms with Crippen LogP contribution in [0.3, 0.4) is 0 Å². The molecule has 4 unspecified atom stereocenters. The first-order valence-electron chi connectivity index (χ1n) is 20.0. The molecule has 0 radical (unpaired) electrons. The third-order valence-corrected chi connectivity index (χ3v) is 9.64. The normalized spacial score (nSPS) is 11.2. The number of carbonyl (C=O) groups excluding carboxylic acids is 4. The molecule has 84 heavy (non-hydrogen) atoms. The second kappa shape index (κ2) is 50.5. The number of hydrogen-bond acceptors (Lipinski definition) is 24. The predicted molar refractivity (Wildman–Crippen MR) is 252 cm³/mol. The molecule has 0 spiro atoms. The van der Waals surface area contributed by atoms with Gasteiger partial charge in [-0.05, 0) is 24.3 Å². The number of carbonyl (C=O) groups is 16. The van der Waals surface area contributed by atoms with Crippen molar-refractivity contribution < 1.29 is 300 Å². The van der Waals surface area contributed by atoms with Crippen molar-refractivity contribution in [1.29, 1.82) is 0 Å². The molecule has 0 aliphatic heterocycles. The van der Waals surface area contributed by atoms with Gasteiger partial charge >= 0.3 is 190 Å². The van der Waals surface area contributed by atoms with E-state index >= 15 is 0 Å². The number of nitrogens with zero attached hydrogens (tertiary/aromatic N) is 4. The van der Waals surface area contributed by atoms with Crippen molar-refractivity contribution in [1.82, 2.24) is 24.6 Å². The van der Waals surface area contributed by atoms with Crippen LogP contribution in [0.4, 0.5) is 0 Å². The molecule has 0 bridgehead atoms. The molecule has 0 aromatic carbocycles. The van der Waals surface area contributed by atoms with Crippen LogP contribution < -0.4 is 163 Å². The van der Waals surface area contributed by atoms with Gasteiger partial charge in [0.25, 0.3) is 0 Å². The molecule has 0 aliphatic carbocycles. The Kier molecular flexibility index (Phi) is 63.9. The molecule has 464 valence electrons. The number of aliphatic carboxylic acids is 16. The zero-order valence-electron chi connectivity index (χ0n) is 50.1. The quantitative estimate of drug-likeness (QED) is 0.0157. The summed E-state index contributed by atoms with van der Waals surface area (Å²) >= 11 is 0. The molecular weight excluding hydrogens is 1200 g/mol. The summed E-state index contributed by atoms with van der Waals surface area (Å²) in [5.74, 6) is -25.6. The molecule has 0 saturated carbocycles. The zero-order valence-corrected chi connectivity index (χ0v) is 54.1. The van der Waals surface area contributed by atoms with Crippen LogP contribution >= 0.6 is 0 Å². The number of quaternary nitrogens is 4. The summed E-state index contributed by atoms with van der Waals surface area (Å²) in [6.45, 7) is 0.452. The monoisotopic (exact) mass is 1260 g/mol. The van der Waals surface area contributed by atoms with E-state index in [4.69, 9.17) is 61.3 Å². The molecule has 0 heterocycles. The number of rotatable bonds is 36. The maximum absolute atomic E-state index is 11.1. The Morgan fingerprint density at radius 2 is 0.369 bits per heavy atom. The predicted octanol–water partition coefficient (Wildman–Crippen LogP) is -21.4. The largest absolute Gasteiger partial charge is 1.00 e. The Balaban J connectivity index is -0.0000000537. The van der Waals surface area contributed by atoms with Gasteiger partial charge in [0.15, 0.2) is 52.4 Å². The molecule has 0 amide bonds. The van der Waals surface area contributed by atoms with Crippen molar-refractivity contribution in [2.24, 2.45) is 0 Å². The Morgan fingerprint density at radius 1 is 0.274 bits per heavy atom. The number of hydrogen-bond donors (Lipinski definition) is 16. The van der Waals surface area contributed by atoms with Gasteiger partial charge in [-0.3, -0.25) is 17.9 Å². The topological polar surface area (TPSA) is 748 Å². The summed E-state index contributed by atoms with van der Waals surface area (Å²) < 4.78 is -4.98. The Hall–Kier alpha value is -5.84. The van der Waals surface area contributed by atoms with E-state index in [1.54, 1.807) is 0 Å². The van der Waals surface area contributed by atoms with Gasteiger partial charge in [-0.15, -0.1) is 0 Å². The van der Waals surface area contributed by atoms with E-state index in [1.165, 1.54) is 0 Å². The van der Waals surface area contributed by atoms with Crippen molar-refractivity contribution in [2.45, 2.75) is 24.2 Å². The van der Waals surface area contributed by atoms with E-state index < -0.39 is 216 Å². The third kappa shape index (κ3) is 41.2. The van der Waals surface area contributed by atoms with Crippen LogP contribution in [0.1, 0.15) is 5.71 Å². The smallest absolute Gasteiger partial charge is 1.00 e. The van der Waals surface area contributed by atoms with Gasteiger partial charge in [0.05, 0.1) is 23.9 Å². The second-order valence-corrected chi connectivity index (χ2v) is 15.5. The van der Waals surface area contributed by atoms with Gasteiger partial charge in [0.2, 0.25) is 24.2 Å². The Labute approximate surface area is 569 Å². The molecule has 40 nitrogen and oxygen atoms in total. The van der Waals surface area contributed by atoms with Crippen molar-refractivity contribution in [3.05, 3.63) is 50.6 Å². The van der Waals surface area contributed by atoms with Gasteiger partial charge in [-0.1, -0.05) is 26.3 Å². The first-order valence-corrected chi connectivity index (χ1v) is 20.0. The maximum Gasteiger partial charge on any atom is 1.00 e. The summed E-state index contributed by atoms with van der Waals surface area (Å²) in [4.78, 5) is 173. The third-order valence-electron chi connectivity index (χ3n) is 9.64. The number of carboxylic acids is 16. The van der Waals surface area contributed by atoms with Crippen LogP contribution in [0.5, 0.6) is 0 Å². The summed E-state index contributed by atoms with van der Waals surface area (Å²) in [5.41, 5.74) is 0. The van der Waals surface area contributed by atoms with Gasteiger partial charge < -0.3 is 131 Å². The summed E-state index contributed by atoms with van der Waals surface area (Å²) in [6.07, 6.45) is 3.21. The van der Waals surface area contributed by atoms with E-state index in [2.05, 4.69) is 26.3 Å². The van der Waals surface area contributed by atoms with Crippen LogP contribution in [0.15, 0.2) is 50.6 Å². The average molecular weight is 1260 g/mol. The van der Waals surface area contributed by atoms with E-state index in [-0.39, 0.29) is 149 Å². The summed E-state index contributed by atoms with van der Waals surface area (Å²) in [6, 6.07) is -6.76. The van der Waals surface area contributed by atoms with Crippen LogP contribution in [0.25, 0.3) is 0 Å². The fourth-order valence-corrected chi connectivity index (χ4v) is 7.27. The van der Waals surface area contributed by atoms with Crippen molar-refractivity contribution >= 4 is 95.5 Å². The van der Waals surface area contributed by atoms with Crippen LogP contribution in [-0.2, 0) is 76.7 Å². The fourth-order valence-electron chi connectivity index (χ4n) is 7.27. The molecule has 0 fully saturated rings. The molecule has 0 aromatic rings. The second-order valence-electron chi connectivity index (χ2n) is 15.5. The van der Waals surface area contributed by atoms with Crippen molar-refractivity contribution in [3.8, 4) is 0 Å². The standard InChI is InChI=1S/4C10H13NO8.4H3N.4Na.4H/c4*1-2-6(10(18)19)11(3-7(12)13,4-8(14)15)5-9(16)17;;;;;;;;;;;;/h4*2,6H,1,3-5H2,(H3-,12,13,14,15,16,17,18,19);4*1H3;;;;;;;;/q;;;;;;;;4*+1;4*-1. The SMILES string of the molecule is C=CC(C(=O)O)[N+](CC(=O)O)(CC(=O)O)CC(=O)O.C=CC(C(=O)O)[N+](CC(=O)O)(CC(=O)O)CC(=O)O.C=CC(C(=O)O)[N+](CC(=O)[O-])(CC(=O)O)CC(=O)O.C=CC(C(=O)O)[N+](CC(=O)[O-])(CC(=O)[O-])CC(=O)[O-].N.N.N.N.[H-].[H-].[H-].[H-].[Na+].[Na+].[Na+].[Na+]. The minimum absolute atomic E-state index is 0. The van der Waals surface area contributed by atoms with E-state index in [0.29, 0.717) is 0 Å². The van der Waals surface area contributed by atoms with Gasteiger partial charge in [0.1, 0.15) is 26.2 Å². The van der Waals surface area contributed by atoms with E-state index in [9.17, 15) is 97.1 Å². The molecular formula is C40H68N8Na4O32. The Morgan fingerprint density at radius 3 is 0.440 bits per heavy atom. The molecule has 0 aliphatic rings. The molecule has 44 heteroatoms. The number of carboxylic acid groups (broad SMARTS) is 16. The maximum atomic E-state index is 11.1. The minimum Gasteiger partial charge on any atom is -1.00 e. The molecule has 4 atom stereocenters. The van der Waals surface area contributed by atoms with E-state index in [0.717, 1.165) is 24.3 Å². The minimum atomic E-state index is -1.81. The van der Waals surface area contributed by atoms with Gasteiger partial charge in [-0.25, -0.2) is 57.5 Å². The molecule has 0 rings (SSSR count). The zero-order chi connectivity index (χ0) is 60.9. The first-order chi connectivity index (χ1) is 34.6. The van der Waals surface area contributed by atoms with Gasteiger partial charge in [0, 0.05) is 0 Å². The first kappa shape index (κ1) is 106. The van der Waals surface area contributed by atoms with E-state index in [1.807, 2.05) is 0 Å². The molecule has 0 aromatic heterocycles. The van der Waals surface area contributed by atoms with Crippen molar-refractivity contribution in [3.63, 3.8) is 0 Å². The molecule has 0 saturated heterocycles. The van der Waals surface area contributed by atoms with Crippen molar-refractivity contribution in [2.75, 3.05) is 78.5 Å². The van der Waals surface area contributed by atoms with Crippen LogP contribution in [-0.4, -0.2) is 277 Å².